The highest BCUT2D eigenvalue weighted by Crippen LogP contribution is 2.39. The minimum absolute atomic E-state index is 0.300. The van der Waals surface area contributed by atoms with Crippen molar-refractivity contribution in [3.05, 3.63) is 70.8 Å². The van der Waals surface area contributed by atoms with E-state index < -0.39 is 5.97 Å². The Labute approximate surface area is 125 Å². The largest absolute Gasteiger partial charge is 0.481 e. The number of carboxylic acid groups (broad SMARTS) is 1. The summed E-state index contributed by atoms with van der Waals surface area (Å²) in [7, 11) is 0. The topological polar surface area (TPSA) is 37.3 Å². The fourth-order valence-corrected chi connectivity index (χ4v) is 3.20. The number of carboxylic acids is 1. The maximum Gasteiger partial charge on any atom is 0.306 e. The van der Waals surface area contributed by atoms with E-state index >= 15 is 0 Å². The van der Waals surface area contributed by atoms with Crippen LogP contribution in [0.5, 0.6) is 0 Å². The van der Waals surface area contributed by atoms with E-state index in [0.29, 0.717) is 12.3 Å². The number of hydrogen-bond donors (Lipinski definition) is 1. The zero-order chi connectivity index (χ0) is 14.8. The van der Waals surface area contributed by atoms with Crippen molar-refractivity contribution in [3.8, 4) is 0 Å². The van der Waals surface area contributed by atoms with Crippen LogP contribution in [-0.2, 0) is 17.6 Å². The molecule has 2 aromatic rings. The summed E-state index contributed by atoms with van der Waals surface area (Å²) in [6, 6.07) is 16.5. The fraction of sp³-hybridized carbons (Fsp3) is 0.316. The molecule has 0 bridgehead atoms. The molecule has 2 nitrogen and oxygen atoms in total. The van der Waals surface area contributed by atoms with Crippen molar-refractivity contribution in [2.24, 2.45) is 5.92 Å². The second kappa shape index (κ2) is 5.72. The summed E-state index contributed by atoms with van der Waals surface area (Å²) < 4.78 is 0. The van der Waals surface area contributed by atoms with Crippen LogP contribution in [0, 0.1) is 12.8 Å². The maximum absolute atomic E-state index is 11.6. The van der Waals surface area contributed by atoms with Gasteiger partial charge in [0.1, 0.15) is 0 Å². The van der Waals surface area contributed by atoms with Gasteiger partial charge in [-0.15, -0.1) is 0 Å². The molecule has 1 aliphatic rings. The zero-order valence-corrected chi connectivity index (χ0v) is 12.3. The average molecular weight is 280 g/mol. The summed E-state index contributed by atoms with van der Waals surface area (Å²) >= 11 is 0. The molecule has 0 saturated heterocycles. The Bertz CT molecular complexity index is 643. The van der Waals surface area contributed by atoms with Gasteiger partial charge >= 0.3 is 5.97 Å². The molecule has 21 heavy (non-hydrogen) atoms. The number of benzene rings is 2. The SMILES string of the molecule is Cc1ccc(CC(CC2Cc3ccccc32)C(=O)O)cc1. The zero-order valence-electron chi connectivity index (χ0n) is 12.3. The quantitative estimate of drug-likeness (QED) is 0.900. The predicted octanol–water partition coefficient (Wildman–Crippen LogP) is 3.97. The first-order chi connectivity index (χ1) is 10.1. The van der Waals surface area contributed by atoms with Crippen LogP contribution in [-0.4, -0.2) is 11.1 Å². The Morgan fingerprint density at radius 2 is 1.90 bits per heavy atom. The highest BCUT2D eigenvalue weighted by Gasteiger charge is 2.30. The summed E-state index contributed by atoms with van der Waals surface area (Å²) in [5.74, 6) is -0.571. The molecule has 0 radical (unpaired) electrons. The number of aliphatic carboxylic acids is 1. The Kier molecular flexibility index (Phi) is 3.78. The van der Waals surface area contributed by atoms with E-state index in [2.05, 4.69) is 18.2 Å². The molecule has 2 heteroatoms. The Morgan fingerprint density at radius 1 is 1.19 bits per heavy atom. The minimum atomic E-state index is -0.681. The third-order valence-corrected chi connectivity index (χ3v) is 4.48. The number of aryl methyl sites for hydroxylation is 1. The molecule has 108 valence electrons. The van der Waals surface area contributed by atoms with Crippen LogP contribution in [0.15, 0.2) is 48.5 Å². The van der Waals surface area contributed by atoms with Gasteiger partial charge in [-0.25, -0.2) is 0 Å². The summed E-state index contributed by atoms with van der Waals surface area (Å²) in [6.07, 6.45) is 2.38. The molecule has 2 aromatic carbocycles. The lowest BCUT2D eigenvalue weighted by molar-refractivity contribution is -0.142. The monoisotopic (exact) mass is 280 g/mol. The van der Waals surface area contributed by atoms with E-state index in [9.17, 15) is 9.90 Å². The van der Waals surface area contributed by atoms with Crippen molar-refractivity contribution in [2.45, 2.75) is 32.1 Å². The highest BCUT2D eigenvalue weighted by molar-refractivity contribution is 5.70. The lowest BCUT2D eigenvalue weighted by Gasteiger charge is -2.32. The van der Waals surface area contributed by atoms with Gasteiger partial charge in [-0.3, -0.25) is 4.79 Å². The van der Waals surface area contributed by atoms with Crippen LogP contribution in [0.3, 0.4) is 0 Å². The lowest BCUT2D eigenvalue weighted by Crippen LogP contribution is -2.25. The molecule has 0 aromatic heterocycles. The van der Waals surface area contributed by atoms with Gasteiger partial charge in [0.15, 0.2) is 0 Å². The van der Waals surface area contributed by atoms with Crippen LogP contribution in [0.4, 0.5) is 0 Å². The second-order valence-electron chi connectivity index (χ2n) is 6.06. The van der Waals surface area contributed by atoms with Crippen molar-refractivity contribution >= 4 is 5.97 Å². The van der Waals surface area contributed by atoms with E-state index in [1.165, 1.54) is 16.7 Å². The summed E-state index contributed by atoms with van der Waals surface area (Å²) in [5, 5.41) is 9.51. The summed E-state index contributed by atoms with van der Waals surface area (Å²) in [4.78, 5) is 11.6. The van der Waals surface area contributed by atoms with Gasteiger partial charge in [-0.2, -0.15) is 0 Å². The maximum atomic E-state index is 11.6. The third-order valence-electron chi connectivity index (χ3n) is 4.48. The van der Waals surface area contributed by atoms with Crippen LogP contribution in [0.25, 0.3) is 0 Å². The molecule has 1 aliphatic carbocycles. The van der Waals surface area contributed by atoms with Crippen LogP contribution in [0.2, 0.25) is 0 Å². The van der Waals surface area contributed by atoms with E-state index in [1.54, 1.807) is 0 Å². The van der Waals surface area contributed by atoms with Gasteiger partial charge in [-0.1, -0.05) is 54.1 Å². The van der Waals surface area contributed by atoms with Gasteiger partial charge in [0.2, 0.25) is 0 Å². The third kappa shape index (κ3) is 2.99. The molecule has 0 aliphatic heterocycles. The van der Waals surface area contributed by atoms with Crippen molar-refractivity contribution in [1.29, 1.82) is 0 Å². The van der Waals surface area contributed by atoms with Crippen LogP contribution >= 0.6 is 0 Å². The molecule has 2 atom stereocenters. The molecule has 0 amide bonds. The first-order valence-electron chi connectivity index (χ1n) is 7.49. The van der Waals surface area contributed by atoms with E-state index in [0.717, 1.165) is 18.4 Å². The Hall–Kier alpha value is -2.09. The first-order valence-corrected chi connectivity index (χ1v) is 7.49. The van der Waals surface area contributed by atoms with E-state index in [4.69, 9.17) is 0 Å². The van der Waals surface area contributed by atoms with Gasteiger partial charge in [-0.05, 0) is 48.8 Å². The van der Waals surface area contributed by atoms with Gasteiger partial charge in [0, 0.05) is 0 Å². The Balaban J connectivity index is 1.69. The van der Waals surface area contributed by atoms with Crippen molar-refractivity contribution in [1.82, 2.24) is 0 Å². The normalized spacial score (nSPS) is 17.7. The summed E-state index contributed by atoms with van der Waals surface area (Å²) in [6.45, 7) is 2.05. The van der Waals surface area contributed by atoms with Crippen LogP contribution in [0.1, 0.15) is 34.6 Å². The minimum Gasteiger partial charge on any atom is -0.481 e. The van der Waals surface area contributed by atoms with E-state index in [1.807, 2.05) is 37.3 Å². The standard InChI is InChI=1S/C19H20O2/c1-13-6-8-14(9-7-13)10-17(19(20)21)12-16-11-15-4-2-3-5-18(15)16/h2-9,16-17H,10-12H2,1H3,(H,20,21). The van der Waals surface area contributed by atoms with Crippen molar-refractivity contribution in [3.63, 3.8) is 0 Å². The molecular formula is C19H20O2. The highest BCUT2D eigenvalue weighted by atomic mass is 16.4. The van der Waals surface area contributed by atoms with Crippen molar-refractivity contribution < 1.29 is 9.90 Å². The second-order valence-corrected chi connectivity index (χ2v) is 6.06. The molecule has 0 saturated carbocycles. The Morgan fingerprint density at radius 3 is 2.57 bits per heavy atom. The fourth-order valence-electron chi connectivity index (χ4n) is 3.20. The smallest absolute Gasteiger partial charge is 0.306 e. The number of rotatable bonds is 5. The van der Waals surface area contributed by atoms with Gasteiger partial charge in [0.05, 0.1) is 5.92 Å². The van der Waals surface area contributed by atoms with E-state index in [-0.39, 0.29) is 5.92 Å². The summed E-state index contributed by atoms with van der Waals surface area (Å²) in [5.41, 5.74) is 5.04. The van der Waals surface area contributed by atoms with Crippen molar-refractivity contribution in [2.75, 3.05) is 0 Å². The molecule has 1 N–H and O–H groups in total. The lowest BCUT2D eigenvalue weighted by atomic mass is 9.72. The van der Waals surface area contributed by atoms with Gasteiger partial charge < -0.3 is 5.11 Å². The number of hydrogen-bond acceptors (Lipinski definition) is 1. The molecular weight excluding hydrogens is 260 g/mol. The number of fused-ring (bicyclic) bond motifs is 1. The number of carbonyl (C=O) groups is 1. The molecule has 0 heterocycles. The van der Waals surface area contributed by atoms with Gasteiger partial charge in [0.25, 0.3) is 0 Å². The van der Waals surface area contributed by atoms with Crippen LogP contribution < -0.4 is 0 Å². The molecule has 0 spiro atoms. The average Bonchev–Trinajstić information content (AvgIpc) is 2.45. The first kappa shape index (κ1) is 13.9. The molecule has 0 fully saturated rings. The molecule has 2 unspecified atom stereocenters. The predicted molar refractivity (Wildman–Crippen MR) is 83.5 cm³/mol. The molecule has 3 rings (SSSR count).